The SMILES string of the molecule is CC(O)S(=O)(=O)N1CCN(c2cc(-c3ccc(Cl)cc3)nc(-c3cccnc3)n2)CC1. The number of hydrogen-bond donors (Lipinski definition) is 1. The average molecular weight is 460 g/mol. The fraction of sp³-hybridized carbons (Fsp3) is 0.286. The number of anilines is 1. The van der Waals surface area contributed by atoms with Crippen molar-refractivity contribution in [3.8, 4) is 22.6 Å². The van der Waals surface area contributed by atoms with Crippen LogP contribution in [0.1, 0.15) is 6.92 Å². The van der Waals surface area contributed by atoms with E-state index in [1.165, 1.54) is 11.2 Å². The van der Waals surface area contributed by atoms with Crippen molar-refractivity contribution in [1.29, 1.82) is 0 Å². The minimum Gasteiger partial charge on any atom is -0.376 e. The first-order valence-electron chi connectivity index (χ1n) is 9.82. The van der Waals surface area contributed by atoms with Crippen LogP contribution in [0.2, 0.25) is 5.02 Å². The number of halogens is 1. The van der Waals surface area contributed by atoms with Crippen LogP contribution in [0.25, 0.3) is 22.6 Å². The second-order valence-corrected chi connectivity index (χ2v) is 9.88. The van der Waals surface area contributed by atoms with E-state index in [1.807, 2.05) is 47.4 Å². The molecule has 1 fully saturated rings. The van der Waals surface area contributed by atoms with Crippen LogP contribution >= 0.6 is 11.6 Å². The van der Waals surface area contributed by atoms with E-state index < -0.39 is 15.5 Å². The van der Waals surface area contributed by atoms with Crippen molar-refractivity contribution in [3.63, 3.8) is 0 Å². The number of rotatable bonds is 5. The molecule has 1 atom stereocenters. The number of benzene rings is 1. The van der Waals surface area contributed by atoms with Crippen LogP contribution in [0.3, 0.4) is 0 Å². The molecule has 31 heavy (non-hydrogen) atoms. The van der Waals surface area contributed by atoms with E-state index in [1.54, 1.807) is 12.4 Å². The van der Waals surface area contributed by atoms with Gasteiger partial charge in [0.15, 0.2) is 11.3 Å². The molecule has 1 N–H and O–H groups in total. The van der Waals surface area contributed by atoms with Crippen molar-refractivity contribution in [1.82, 2.24) is 19.3 Å². The summed E-state index contributed by atoms with van der Waals surface area (Å²) >= 11 is 6.03. The highest BCUT2D eigenvalue weighted by molar-refractivity contribution is 7.89. The van der Waals surface area contributed by atoms with Crippen molar-refractivity contribution >= 4 is 27.4 Å². The van der Waals surface area contributed by atoms with Crippen LogP contribution in [0.4, 0.5) is 5.82 Å². The first-order valence-corrected chi connectivity index (χ1v) is 11.7. The lowest BCUT2D eigenvalue weighted by Gasteiger charge is -2.35. The van der Waals surface area contributed by atoms with Gasteiger partial charge in [-0.2, -0.15) is 4.31 Å². The predicted molar refractivity (Wildman–Crippen MR) is 120 cm³/mol. The molecule has 3 heterocycles. The molecule has 3 aromatic rings. The molecule has 1 saturated heterocycles. The molecule has 4 rings (SSSR count). The number of aromatic nitrogens is 3. The minimum atomic E-state index is -3.70. The Hall–Kier alpha value is -2.59. The van der Waals surface area contributed by atoms with Crippen LogP contribution in [-0.4, -0.2) is 64.4 Å². The van der Waals surface area contributed by atoms with Gasteiger partial charge in [0.25, 0.3) is 0 Å². The van der Waals surface area contributed by atoms with Crippen LogP contribution in [0.15, 0.2) is 54.9 Å². The number of aliphatic hydroxyl groups is 1. The largest absolute Gasteiger partial charge is 0.376 e. The Balaban J connectivity index is 1.67. The number of hydrogen-bond acceptors (Lipinski definition) is 7. The second-order valence-electron chi connectivity index (χ2n) is 7.21. The van der Waals surface area contributed by atoms with Gasteiger partial charge < -0.3 is 10.0 Å². The summed E-state index contributed by atoms with van der Waals surface area (Å²) in [6, 6.07) is 13.0. The smallest absolute Gasteiger partial charge is 0.240 e. The Bertz CT molecular complexity index is 1150. The maximum atomic E-state index is 12.2. The molecule has 2 aromatic heterocycles. The van der Waals surface area contributed by atoms with Gasteiger partial charge in [-0.05, 0) is 31.2 Å². The van der Waals surface area contributed by atoms with Gasteiger partial charge in [0.1, 0.15) is 5.82 Å². The summed E-state index contributed by atoms with van der Waals surface area (Å²) in [6.07, 6.45) is 3.40. The summed E-state index contributed by atoms with van der Waals surface area (Å²) in [5.74, 6) is 1.24. The number of nitrogens with zero attached hydrogens (tertiary/aromatic N) is 5. The van der Waals surface area contributed by atoms with Crippen molar-refractivity contribution in [3.05, 3.63) is 59.9 Å². The van der Waals surface area contributed by atoms with E-state index in [0.717, 1.165) is 16.8 Å². The lowest BCUT2D eigenvalue weighted by Crippen LogP contribution is -2.51. The number of sulfonamides is 1. The molecule has 0 bridgehead atoms. The Morgan fingerprint density at radius 1 is 1.03 bits per heavy atom. The second kappa shape index (κ2) is 8.88. The molecule has 1 unspecified atom stereocenters. The van der Waals surface area contributed by atoms with Gasteiger partial charge in [-0.25, -0.2) is 18.4 Å². The highest BCUT2D eigenvalue weighted by Crippen LogP contribution is 2.27. The lowest BCUT2D eigenvalue weighted by molar-refractivity contribution is 0.249. The van der Waals surface area contributed by atoms with Crippen LogP contribution in [0, 0.1) is 0 Å². The van der Waals surface area contributed by atoms with E-state index >= 15 is 0 Å². The van der Waals surface area contributed by atoms with E-state index in [-0.39, 0.29) is 13.1 Å². The molecule has 1 aromatic carbocycles. The van der Waals surface area contributed by atoms with Gasteiger partial charge in [-0.3, -0.25) is 4.98 Å². The van der Waals surface area contributed by atoms with Gasteiger partial charge in [0, 0.05) is 60.8 Å². The Labute approximate surface area is 186 Å². The standard InChI is InChI=1S/C21H22ClN5O3S/c1-15(28)31(29,30)27-11-9-26(10-12-27)20-13-19(16-4-6-18(22)7-5-16)24-21(25-20)17-3-2-8-23-14-17/h2-8,13-15,28H,9-12H2,1H3. The maximum absolute atomic E-state index is 12.2. The van der Waals surface area contributed by atoms with Gasteiger partial charge in [-0.15, -0.1) is 0 Å². The van der Waals surface area contributed by atoms with Crippen molar-refractivity contribution < 1.29 is 13.5 Å². The number of aliphatic hydroxyl groups excluding tert-OH is 1. The summed E-state index contributed by atoms with van der Waals surface area (Å²) < 4.78 is 25.8. The zero-order chi connectivity index (χ0) is 22.0. The monoisotopic (exact) mass is 459 g/mol. The number of pyridine rings is 1. The van der Waals surface area contributed by atoms with Crippen molar-refractivity contribution in [2.45, 2.75) is 12.4 Å². The van der Waals surface area contributed by atoms with Gasteiger partial charge in [-0.1, -0.05) is 23.7 Å². The molecule has 8 nitrogen and oxygen atoms in total. The fourth-order valence-electron chi connectivity index (χ4n) is 3.38. The van der Waals surface area contributed by atoms with E-state index in [2.05, 4.69) is 4.98 Å². The Kier molecular flexibility index (Phi) is 6.19. The van der Waals surface area contributed by atoms with E-state index in [0.29, 0.717) is 29.8 Å². The first kappa shape index (κ1) is 21.6. The maximum Gasteiger partial charge on any atom is 0.240 e. The molecular weight excluding hydrogens is 438 g/mol. The lowest BCUT2D eigenvalue weighted by atomic mass is 10.1. The zero-order valence-corrected chi connectivity index (χ0v) is 18.5. The first-order chi connectivity index (χ1) is 14.8. The normalized spacial score (nSPS) is 16.3. The third-order valence-electron chi connectivity index (χ3n) is 5.13. The minimum absolute atomic E-state index is 0.274. The summed E-state index contributed by atoms with van der Waals surface area (Å²) in [6.45, 7) is 2.72. The predicted octanol–water partition coefficient (Wildman–Crippen LogP) is 2.65. The molecule has 0 aliphatic carbocycles. The molecule has 0 saturated carbocycles. The van der Waals surface area contributed by atoms with Crippen LogP contribution < -0.4 is 4.90 Å². The van der Waals surface area contributed by atoms with Gasteiger partial charge in [0.2, 0.25) is 10.0 Å². The third-order valence-corrected chi connectivity index (χ3v) is 7.32. The van der Waals surface area contributed by atoms with Crippen LogP contribution in [0.5, 0.6) is 0 Å². The Morgan fingerprint density at radius 3 is 2.35 bits per heavy atom. The molecular formula is C21H22ClN5O3S. The third kappa shape index (κ3) is 4.69. The summed E-state index contributed by atoms with van der Waals surface area (Å²) in [5, 5.41) is 10.2. The summed E-state index contributed by atoms with van der Waals surface area (Å²) in [7, 11) is -3.70. The van der Waals surface area contributed by atoms with Crippen molar-refractivity contribution in [2.75, 3.05) is 31.1 Å². The molecule has 1 aliphatic heterocycles. The fourth-order valence-corrected chi connectivity index (χ4v) is 4.61. The van der Waals surface area contributed by atoms with E-state index in [9.17, 15) is 13.5 Å². The molecule has 10 heteroatoms. The summed E-state index contributed by atoms with van der Waals surface area (Å²) in [5.41, 5.74) is 0.995. The molecule has 0 spiro atoms. The molecule has 0 radical (unpaired) electrons. The Morgan fingerprint density at radius 2 is 1.74 bits per heavy atom. The number of piperazine rings is 1. The molecule has 1 aliphatic rings. The van der Waals surface area contributed by atoms with E-state index in [4.69, 9.17) is 21.6 Å². The average Bonchev–Trinajstić information content (AvgIpc) is 2.80. The van der Waals surface area contributed by atoms with Gasteiger partial charge in [0.05, 0.1) is 5.69 Å². The van der Waals surface area contributed by atoms with Crippen molar-refractivity contribution in [2.24, 2.45) is 0 Å². The van der Waals surface area contributed by atoms with Crippen LogP contribution in [-0.2, 0) is 10.0 Å². The molecule has 162 valence electrons. The van der Waals surface area contributed by atoms with Gasteiger partial charge >= 0.3 is 0 Å². The topological polar surface area (TPSA) is 99.5 Å². The highest BCUT2D eigenvalue weighted by atomic mass is 35.5. The highest BCUT2D eigenvalue weighted by Gasteiger charge is 2.31. The quantitative estimate of drug-likeness (QED) is 0.626. The zero-order valence-electron chi connectivity index (χ0n) is 16.9. The molecule has 0 amide bonds. The summed E-state index contributed by atoms with van der Waals surface area (Å²) in [4.78, 5) is 15.6.